The largest absolute Gasteiger partial charge is 0.336 e. The van der Waals surface area contributed by atoms with Gasteiger partial charge in [0.25, 0.3) is 11.6 Å². The molecule has 1 aromatic carbocycles. The standard InChI is InChI=1S/C14H16BrClN2O3/c15-5-4-12-3-1-2-6-17(12)14(19)10-7-11(16)9-13(8-10)18(20)21/h7-9,12H,1-6H2. The number of likely N-dealkylation sites (tertiary alicyclic amines) is 1. The smallest absolute Gasteiger partial charge is 0.271 e. The van der Waals surface area contributed by atoms with Crippen molar-refractivity contribution >= 4 is 39.1 Å². The first kappa shape index (κ1) is 16.2. The van der Waals surface area contributed by atoms with Crippen molar-refractivity contribution in [3.05, 3.63) is 38.9 Å². The number of carbonyl (C=O) groups is 1. The molecule has 7 heteroatoms. The van der Waals surface area contributed by atoms with Gasteiger partial charge in [-0.1, -0.05) is 27.5 Å². The number of piperidine rings is 1. The Bertz CT molecular complexity index is 551. The van der Waals surface area contributed by atoms with Gasteiger partial charge in [0.15, 0.2) is 0 Å². The van der Waals surface area contributed by atoms with Crippen LogP contribution in [-0.2, 0) is 0 Å². The van der Waals surface area contributed by atoms with Crippen LogP contribution in [0.5, 0.6) is 0 Å². The van der Waals surface area contributed by atoms with Gasteiger partial charge < -0.3 is 4.90 Å². The van der Waals surface area contributed by atoms with Crippen LogP contribution in [0.15, 0.2) is 18.2 Å². The molecule has 1 heterocycles. The van der Waals surface area contributed by atoms with E-state index in [-0.39, 0.29) is 28.2 Å². The van der Waals surface area contributed by atoms with Crippen molar-refractivity contribution in [1.29, 1.82) is 0 Å². The summed E-state index contributed by atoms with van der Waals surface area (Å²) in [6.45, 7) is 0.691. The number of rotatable bonds is 4. The van der Waals surface area contributed by atoms with Crippen LogP contribution >= 0.6 is 27.5 Å². The Kier molecular flexibility index (Phi) is 5.58. The number of hydrogen-bond acceptors (Lipinski definition) is 3. The Labute approximate surface area is 136 Å². The molecule has 21 heavy (non-hydrogen) atoms. The monoisotopic (exact) mass is 374 g/mol. The summed E-state index contributed by atoms with van der Waals surface area (Å²) in [5.74, 6) is -0.175. The van der Waals surface area contributed by atoms with Gasteiger partial charge in [-0.3, -0.25) is 14.9 Å². The molecule has 0 N–H and O–H groups in total. The number of nitro groups is 1. The summed E-state index contributed by atoms with van der Waals surface area (Å²) in [4.78, 5) is 24.8. The lowest BCUT2D eigenvalue weighted by Gasteiger charge is -2.35. The fraction of sp³-hybridized carbons (Fsp3) is 0.500. The van der Waals surface area contributed by atoms with Crippen molar-refractivity contribution in [2.45, 2.75) is 31.7 Å². The molecule has 0 bridgehead atoms. The summed E-state index contributed by atoms with van der Waals surface area (Å²) in [7, 11) is 0. The molecule has 1 aliphatic rings. The predicted molar refractivity (Wildman–Crippen MR) is 85.2 cm³/mol. The van der Waals surface area contributed by atoms with Gasteiger partial charge in [0.1, 0.15) is 0 Å². The molecule has 2 rings (SSSR count). The number of nitro benzene ring substituents is 1. The van der Waals surface area contributed by atoms with Crippen molar-refractivity contribution < 1.29 is 9.72 Å². The summed E-state index contributed by atoms with van der Waals surface area (Å²) in [6.07, 6.45) is 3.93. The fourth-order valence-electron chi connectivity index (χ4n) is 2.66. The van der Waals surface area contributed by atoms with E-state index in [1.807, 2.05) is 4.90 Å². The lowest BCUT2D eigenvalue weighted by atomic mass is 9.99. The van der Waals surface area contributed by atoms with Gasteiger partial charge in [-0.05, 0) is 31.7 Å². The second-order valence-electron chi connectivity index (χ2n) is 5.08. The second-order valence-corrected chi connectivity index (χ2v) is 6.31. The van der Waals surface area contributed by atoms with E-state index < -0.39 is 4.92 Å². The molecule has 1 unspecified atom stereocenters. The summed E-state index contributed by atoms with van der Waals surface area (Å²) in [6, 6.07) is 4.23. The lowest BCUT2D eigenvalue weighted by molar-refractivity contribution is -0.384. The molecular formula is C14H16BrClN2O3. The van der Waals surface area contributed by atoms with Crippen molar-refractivity contribution in [3.63, 3.8) is 0 Å². The van der Waals surface area contributed by atoms with E-state index in [0.717, 1.165) is 31.0 Å². The number of carbonyl (C=O) groups excluding carboxylic acids is 1. The maximum atomic E-state index is 12.6. The van der Waals surface area contributed by atoms with Crippen LogP contribution < -0.4 is 0 Å². The minimum absolute atomic E-state index is 0.153. The van der Waals surface area contributed by atoms with Crippen LogP contribution in [-0.4, -0.2) is 33.6 Å². The van der Waals surface area contributed by atoms with Crippen LogP contribution in [0.3, 0.4) is 0 Å². The molecule has 0 radical (unpaired) electrons. The number of alkyl halides is 1. The number of halogens is 2. The Hall–Kier alpha value is -1.14. The van der Waals surface area contributed by atoms with E-state index in [1.165, 1.54) is 18.2 Å². The minimum Gasteiger partial charge on any atom is -0.336 e. The topological polar surface area (TPSA) is 63.4 Å². The summed E-state index contributed by atoms with van der Waals surface area (Å²) in [5, 5.41) is 11.9. The third-order valence-electron chi connectivity index (χ3n) is 3.67. The molecule has 114 valence electrons. The molecular weight excluding hydrogens is 360 g/mol. The highest BCUT2D eigenvalue weighted by Gasteiger charge is 2.28. The van der Waals surface area contributed by atoms with Crippen molar-refractivity contribution in [2.75, 3.05) is 11.9 Å². The van der Waals surface area contributed by atoms with E-state index in [9.17, 15) is 14.9 Å². The van der Waals surface area contributed by atoms with Crippen LogP contribution in [0.1, 0.15) is 36.0 Å². The molecule has 5 nitrogen and oxygen atoms in total. The number of hydrogen-bond donors (Lipinski definition) is 0. The van der Waals surface area contributed by atoms with Gasteiger partial charge >= 0.3 is 0 Å². The van der Waals surface area contributed by atoms with E-state index >= 15 is 0 Å². The zero-order valence-electron chi connectivity index (χ0n) is 11.4. The Morgan fingerprint density at radius 2 is 2.19 bits per heavy atom. The molecule has 1 atom stereocenters. The highest BCUT2D eigenvalue weighted by molar-refractivity contribution is 9.09. The van der Waals surface area contributed by atoms with E-state index in [0.29, 0.717) is 6.54 Å². The van der Waals surface area contributed by atoms with Crippen molar-refractivity contribution in [2.24, 2.45) is 0 Å². The number of nitrogens with zero attached hydrogens (tertiary/aromatic N) is 2. The molecule has 1 aromatic rings. The minimum atomic E-state index is -0.533. The zero-order chi connectivity index (χ0) is 15.4. The fourth-order valence-corrected chi connectivity index (χ4v) is 3.42. The van der Waals surface area contributed by atoms with E-state index in [2.05, 4.69) is 15.9 Å². The number of non-ortho nitro benzene ring substituents is 1. The average molecular weight is 376 g/mol. The first-order valence-electron chi connectivity index (χ1n) is 6.85. The Morgan fingerprint density at radius 3 is 2.86 bits per heavy atom. The predicted octanol–water partition coefficient (Wildman–Crippen LogP) is 4.03. The second kappa shape index (κ2) is 7.22. The first-order chi connectivity index (χ1) is 10.0. The maximum absolute atomic E-state index is 12.6. The van der Waals surface area contributed by atoms with Gasteiger partial charge in [0, 0.05) is 40.6 Å². The molecule has 0 aliphatic carbocycles. The normalized spacial score (nSPS) is 18.6. The quantitative estimate of drug-likeness (QED) is 0.453. The third kappa shape index (κ3) is 3.95. The summed E-state index contributed by atoms with van der Waals surface area (Å²) < 4.78 is 0. The van der Waals surface area contributed by atoms with Gasteiger partial charge in [-0.2, -0.15) is 0 Å². The van der Waals surface area contributed by atoms with Gasteiger partial charge in [-0.15, -0.1) is 0 Å². The molecule has 0 aromatic heterocycles. The number of amides is 1. The molecule has 1 fully saturated rings. The van der Waals surface area contributed by atoms with Crippen LogP contribution in [0.25, 0.3) is 0 Å². The molecule has 1 amide bonds. The summed E-state index contributed by atoms with van der Waals surface area (Å²) >= 11 is 9.30. The third-order valence-corrected chi connectivity index (χ3v) is 4.35. The SMILES string of the molecule is O=C(c1cc(Cl)cc([N+](=O)[O-])c1)N1CCCCC1CCBr. The Balaban J connectivity index is 2.27. The first-order valence-corrected chi connectivity index (χ1v) is 8.35. The molecule has 0 saturated carbocycles. The van der Waals surface area contributed by atoms with Crippen molar-refractivity contribution in [3.8, 4) is 0 Å². The molecule has 0 spiro atoms. The van der Waals surface area contributed by atoms with Gasteiger partial charge in [0.2, 0.25) is 0 Å². The highest BCUT2D eigenvalue weighted by atomic mass is 79.9. The van der Waals surface area contributed by atoms with Crippen LogP contribution in [0.4, 0.5) is 5.69 Å². The van der Waals surface area contributed by atoms with Gasteiger partial charge in [-0.25, -0.2) is 0 Å². The lowest BCUT2D eigenvalue weighted by Crippen LogP contribution is -2.43. The zero-order valence-corrected chi connectivity index (χ0v) is 13.8. The summed E-state index contributed by atoms with van der Waals surface area (Å²) in [5.41, 5.74) is 0.135. The maximum Gasteiger partial charge on any atom is 0.271 e. The van der Waals surface area contributed by atoms with E-state index in [1.54, 1.807) is 0 Å². The highest BCUT2D eigenvalue weighted by Crippen LogP contribution is 2.26. The van der Waals surface area contributed by atoms with Crippen LogP contribution in [0, 0.1) is 10.1 Å². The van der Waals surface area contributed by atoms with Crippen molar-refractivity contribution in [1.82, 2.24) is 4.90 Å². The molecule has 1 aliphatic heterocycles. The Morgan fingerprint density at radius 1 is 1.43 bits per heavy atom. The number of benzene rings is 1. The van der Waals surface area contributed by atoms with Crippen LogP contribution in [0.2, 0.25) is 5.02 Å². The van der Waals surface area contributed by atoms with Gasteiger partial charge in [0.05, 0.1) is 4.92 Å². The van der Waals surface area contributed by atoms with E-state index in [4.69, 9.17) is 11.6 Å². The molecule has 1 saturated heterocycles. The average Bonchev–Trinajstić information content (AvgIpc) is 2.47.